The second kappa shape index (κ2) is 6.66. The molecule has 2 aromatic carbocycles. The maximum Gasteiger partial charge on any atom is 0.0483 e. The summed E-state index contributed by atoms with van der Waals surface area (Å²) in [5.41, 5.74) is 5.10. The topological polar surface area (TPSA) is 29.1 Å². The largest absolute Gasteiger partial charge is 0.382 e. The van der Waals surface area contributed by atoms with Crippen molar-refractivity contribution in [2.24, 2.45) is 0 Å². The van der Waals surface area contributed by atoms with Gasteiger partial charge < -0.3 is 5.32 Å². The van der Waals surface area contributed by atoms with E-state index in [0.717, 1.165) is 11.3 Å². The Labute approximate surface area is 135 Å². The van der Waals surface area contributed by atoms with Gasteiger partial charge in [0.1, 0.15) is 0 Å². The van der Waals surface area contributed by atoms with E-state index in [1.807, 2.05) is 12.1 Å². The summed E-state index contributed by atoms with van der Waals surface area (Å²) in [6.45, 7) is 2.15. The number of hydrogen-bond donors (Lipinski definition) is 1. The van der Waals surface area contributed by atoms with Gasteiger partial charge in [-0.05, 0) is 48.9 Å². The van der Waals surface area contributed by atoms with Crippen LogP contribution in [0.1, 0.15) is 35.4 Å². The highest BCUT2D eigenvalue weighted by Gasteiger charge is 2.30. The maximum atomic E-state index is 11.3. The Balaban J connectivity index is 1.57. The van der Waals surface area contributed by atoms with E-state index in [0.29, 0.717) is 17.7 Å². The Kier molecular flexibility index (Phi) is 4.63. The zero-order valence-corrected chi connectivity index (χ0v) is 14.0. The molecule has 1 saturated carbocycles. The number of anilines is 1. The molecule has 0 aromatic heterocycles. The van der Waals surface area contributed by atoms with Crippen LogP contribution in [0, 0.1) is 6.92 Å². The molecule has 1 unspecified atom stereocenters. The van der Waals surface area contributed by atoms with E-state index < -0.39 is 10.8 Å². The van der Waals surface area contributed by atoms with Gasteiger partial charge in [-0.3, -0.25) is 4.21 Å². The molecule has 0 bridgehead atoms. The molecule has 3 heteroatoms. The molecule has 2 aromatic rings. The van der Waals surface area contributed by atoms with Crippen LogP contribution in [-0.2, 0) is 16.6 Å². The van der Waals surface area contributed by atoms with Crippen molar-refractivity contribution in [1.82, 2.24) is 0 Å². The van der Waals surface area contributed by atoms with Crippen molar-refractivity contribution < 1.29 is 4.21 Å². The first kappa shape index (κ1) is 15.3. The Morgan fingerprint density at radius 2 is 1.91 bits per heavy atom. The van der Waals surface area contributed by atoms with Crippen LogP contribution >= 0.6 is 0 Å². The van der Waals surface area contributed by atoms with Crippen molar-refractivity contribution in [1.29, 1.82) is 0 Å². The minimum absolute atomic E-state index is 0.549. The number of rotatable bonds is 5. The predicted octanol–water partition coefficient (Wildman–Crippen LogP) is 4.23. The summed E-state index contributed by atoms with van der Waals surface area (Å²) in [4.78, 5) is 0. The Hall–Kier alpha value is -1.61. The smallest absolute Gasteiger partial charge is 0.0483 e. The van der Waals surface area contributed by atoms with Gasteiger partial charge in [-0.15, -0.1) is 0 Å². The van der Waals surface area contributed by atoms with Crippen molar-refractivity contribution in [3.63, 3.8) is 0 Å². The first-order valence-corrected chi connectivity index (χ1v) is 9.55. The average Bonchev–Trinajstić information content (AvgIpc) is 2.42. The molecule has 0 radical (unpaired) electrons. The lowest BCUT2D eigenvalue weighted by Crippen LogP contribution is -2.34. The highest BCUT2D eigenvalue weighted by atomic mass is 32.2. The third kappa shape index (κ3) is 3.77. The summed E-state index contributed by atoms with van der Waals surface area (Å²) >= 11 is 0. The van der Waals surface area contributed by atoms with Crippen LogP contribution < -0.4 is 5.32 Å². The molecule has 0 amide bonds. The number of hydrogen-bond acceptors (Lipinski definition) is 2. The summed E-state index contributed by atoms with van der Waals surface area (Å²) in [6, 6.07) is 17.7. The van der Waals surface area contributed by atoms with Crippen molar-refractivity contribution in [2.45, 2.75) is 37.5 Å². The predicted molar refractivity (Wildman–Crippen MR) is 94.8 cm³/mol. The number of aryl methyl sites for hydroxylation is 1. The van der Waals surface area contributed by atoms with Gasteiger partial charge in [0.15, 0.2) is 0 Å². The molecule has 0 heterocycles. The third-order valence-electron chi connectivity index (χ3n) is 4.32. The van der Waals surface area contributed by atoms with Crippen molar-refractivity contribution in [3.8, 4) is 0 Å². The van der Waals surface area contributed by atoms with Gasteiger partial charge in [0.25, 0.3) is 0 Å². The molecule has 2 nitrogen and oxygen atoms in total. The van der Waals surface area contributed by atoms with Crippen molar-refractivity contribution >= 4 is 16.5 Å². The molecule has 0 spiro atoms. The zero-order chi connectivity index (χ0) is 15.5. The minimum atomic E-state index is -0.786. The van der Waals surface area contributed by atoms with E-state index in [1.54, 1.807) is 6.26 Å². The Morgan fingerprint density at radius 1 is 1.14 bits per heavy atom. The quantitative estimate of drug-likeness (QED) is 0.895. The van der Waals surface area contributed by atoms with Crippen LogP contribution in [0.4, 0.5) is 5.69 Å². The van der Waals surface area contributed by atoms with Gasteiger partial charge in [-0.2, -0.15) is 0 Å². The van der Waals surface area contributed by atoms with Gasteiger partial charge in [-0.1, -0.05) is 42.0 Å². The summed E-state index contributed by atoms with van der Waals surface area (Å²) in [6.07, 6.45) is 4.12. The molecule has 116 valence electrons. The molecule has 1 aliphatic rings. The van der Waals surface area contributed by atoms with E-state index in [1.165, 1.54) is 24.0 Å². The Morgan fingerprint density at radius 3 is 2.64 bits per heavy atom. The normalized spacial score (nSPS) is 21.9. The molecule has 22 heavy (non-hydrogen) atoms. The summed E-state index contributed by atoms with van der Waals surface area (Å²) < 4.78 is 11.3. The average molecular weight is 313 g/mol. The molecular formula is C19H23NOS. The van der Waals surface area contributed by atoms with E-state index >= 15 is 0 Å². The van der Waals surface area contributed by atoms with Crippen LogP contribution in [0.2, 0.25) is 0 Å². The maximum absolute atomic E-state index is 11.3. The van der Waals surface area contributed by atoms with E-state index in [2.05, 4.69) is 48.6 Å². The third-order valence-corrected chi connectivity index (χ3v) is 5.06. The van der Waals surface area contributed by atoms with Gasteiger partial charge >= 0.3 is 0 Å². The van der Waals surface area contributed by atoms with Gasteiger partial charge in [0.05, 0.1) is 0 Å². The standard InChI is InChI=1S/C19H23NOS/c1-14-5-3-7-16(9-14)17-11-19(12-17)20-18-8-4-6-15(10-18)13-22(2)21/h3-10,17,19-20H,11-13H2,1-2H3. The van der Waals surface area contributed by atoms with Crippen LogP contribution in [0.5, 0.6) is 0 Å². The lowest BCUT2D eigenvalue weighted by molar-refractivity contribution is 0.374. The molecular weight excluding hydrogens is 290 g/mol. The molecule has 1 aliphatic carbocycles. The fraction of sp³-hybridized carbons (Fsp3) is 0.368. The molecule has 1 atom stereocenters. The lowest BCUT2D eigenvalue weighted by Gasteiger charge is -2.37. The lowest BCUT2D eigenvalue weighted by atomic mass is 9.75. The Bertz CT molecular complexity index is 677. The highest BCUT2D eigenvalue weighted by molar-refractivity contribution is 7.83. The molecule has 1 fully saturated rings. The molecule has 3 rings (SSSR count). The summed E-state index contributed by atoms with van der Waals surface area (Å²) in [5, 5.41) is 3.61. The van der Waals surface area contributed by atoms with Crippen LogP contribution in [0.15, 0.2) is 48.5 Å². The number of nitrogens with one attached hydrogen (secondary N) is 1. The highest BCUT2D eigenvalue weighted by Crippen LogP contribution is 2.38. The van der Waals surface area contributed by atoms with E-state index in [-0.39, 0.29) is 0 Å². The second-order valence-corrected chi connectivity index (χ2v) is 7.78. The van der Waals surface area contributed by atoms with Gasteiger partial charge in [-0.25, -0.2) is 0 Å². The minimum Gasteiger partial charge on any atom is -0.382 e. The first-order valence-electron chi connectivity index (χ1n) is 7.82. The fourth-order valence-corrected chi connectivity index (χ4v) is 3.80. The molecule has 0 saturated heterocycles. The fourth-order valence-electron chi connectivity index (χ4n) is 3.15. The van der Waals surface area contributed by atoms with E-state index in [9.17, 15) is 4.21 Å². The second-order valence-electron chi connectivity index (χ2n) is 6.34. The monoisotopic (exact) mass is 313 g/mol. The number of benzene rings is 2. The van der Waals surface area contributed by atoms with Gasteiger partial charge in [0, 0.05) is 34.5 Å². The molecule has 0 aliphatic heterocycles. The van der Waals surface area contributed by atoms with Crippen LogP contribution in [-0.4, -0.2) is 16.5 Å². The zero-order valence-electron chi connectivity index (χ0n) is 13.2. The van der Waals surface area contributed by atoms with Crippen LogP contribution in [0.25, 0.3) is 0 Å². The summed E-state index contributed by atoms with van der Waals surface area (Å²) in [7, 11) is -0.786. The van der Waals surface area contributed by atoms with Gasteiger partial charge in [0.2, 0.25) is 0 Å². The molecule has 1 N–H and O–H groups in total. The van der Waals surface area contributed by atoms with E-state index in [4.69, 9.17) is 0 Å². The SMILES string of the molecule is Cc1cccc(C2CC(Nc3cccc(CS(C)=O)c3)C2)c1. The van der Waals surface area contributed by atoms with Crippen LogP contribution in [0.3, 0.4) is 0 Å². The summed E-state index contributed by atoms with van der Waals surface area (Å²) in [5.74, 6) is 1.32. The van der Waals surface area contributed by atoms with Crippen molar-refractivity contribution in [3.05, 3.63) is 65.2 Å². The van der Waals surface area contributed by atoms with Crippen molar-refractivity contribution in [2.75, 3.05) is 11.6 Å². The first-order chi connectivity index (χ1) is 10.6.